The molecule has 1 rings (SSSR count). The van der Waals surface area contributed by atoms with Crippen molar-refractivity contribution in [2.24, 2.45) is 5.73 Å². The molecule has 1 atom stereocenters. The number of aryl methyl sites for hydroxylation is 1. The van der Waals surface area contributed by atoms with Crippen molar-refractivity contribution in [3.05, 3.63) is 29.3 Å². The Hall–Kier alpha value is -1.06. The zero-order valence-electron chi connectivity index (χ0n) is 6.99. The molecule has 0 amide bonds. The minimum absolute atomic E-state index is 0.0778. The van der Waals surface area contributed by atoms with E-state index in [0.29, 0.717) is 0 Å². The summed E-state index contributed by atoms with van der Waals surface area (Å²) in [5.74, 6) is 0.224. The monoisotopic (exact) mass is 167 g/mol. The molecule has 0 aliphatic heterocycles. The lowest BCUT2D eigenvalue weighted by Gasteiger charge is -2.11. The predicted molar refractivity (Wildman–Crippen MR) is 46.9 cm³/mol. The van der Waals surface area contributed by atoms with Crippen LogP contribution >= 0.6 is 0 Å². The lowest BCUT2D eigenvalue weighted by molar-refractivity contribution is 0.267. The fourth-order valence-electron chi connectivity index (χ4n) is 1.17. The smallest absolute Gasteiger partial charge is 0.115 e. The van der Waals surface area contributed by atoms with Crippen molar-refractivity contribution >= 4 is 0 Å². The van der Waals surface area contributed by atoms with Crippen LogP contribution in [0.2, 0.25) is 0 Å². The van der Waals surface area contributed by atoms with E-state index in [4.69, 9.17) is 15.9 Å². The van der Waals surface area contributed by atoms with Crippen LogP contribution in [-0.2, 0) is 0 Å². The third kappa shape index (κ3) is 1.75. The van der Waals surface area contributed by atoms with Crippen molar-refractivity contribution in [1.82, 2.24) is 0 Å². The molecule has 0 bridgehead atoms. The van der Waals surface area contributed by atoms with Crippen molar-refractivity contribution in [3.8, 4) is 5.75 Å². The molecular weight excluding hydrogens is 154 g/mol. The molecule has 0 aromatic heterocycles. The average molecular weight is 167 g/mol. The van der Waals surface area contributed by atoms with Crippen LogP contribution in [0.3, 0.4) is 0 Å². The highest BCUT2D eigenvalue weighted by molar-refractivity contribution is 5.35. The first-order valence-corrected chi connectivity index (χ1v) is 3.81. The summed E-state index contributed by atoms with van der Waals surface area (Å²) in [5.41, 5.74) is 7.38. The zero-order chi connectivity index (χ0) is 9.14. The van der Waals surface area contributed by atoms with Crippen molar-refractivity contribution in [3.63, 3.8) is 0 Å². The highest BCUT2D eigenvalue weighted by Crippen LogP contribution is 2.19. The molecule has 0 saturated heterocycles. The van der Waals surface area contributed by atoms with E-state index in [1.165, 1.54) is 0 Å². The number of phenols is 1. The molecule has 0 aliphatic carbocycles. The van der Waals surface area contributed by atoms with Gasteiger partial charge in [0.25, 0.3) is 0 Å². The molecule has 4 N–H and O–H groups in total. The SMILES string of the molecule is Cc1cc(O)ccc1C(N)CO. The van der Waals surface area contributed by atoms with Gasteiger partial charge in [0.05, 0.1) is 12.6 Å². The molecule has 3 heteroatoms. The van der Waals surface area contributed by atoms with Gasteiger partial charge in [-0.05, 0) is 30.2 Å². The molecule has 3 nitrogen and oxygen atoms in total. The topological polar surface area (TPSA) is 66.5 Å². The van der Waals surface area contributed by atoms with Crippen molar-refractivity contribution < 1.29 is 10.2 Å². The summed E-state index contributed by atoms with van der Waals surface area (Å²) in [4.78, 5) is 0. The molecule has 12 heavy (non-hydrogen) atoms. The number of benzene rings is 1. The van der Waals surface area contributed by atoms with Gasteiger partial charge in [0.15, 0.2) is 0 Å². The Morgan fingerprint density at radius 3 is 2.67 bits per heavy atom. The second-order valence-electron chi connectivity index (χ2n) is 2.83. The van der Waals surface area contributed by atoms with Gasteiger partial charge in [0.1, 0.15) is 5.75 Å². The minimum atomic E-state index is -0.356. The first-order valence-electron chi connectivity index (χ1n) is 3.81. The number of hydrogen-bond acceptors (Lipinski definition) is 3. The molecule has 0 spiro atoms. The molecule has 1 aromatic carbocycles. The van der Waals surface area contributed by atoms with Gasteiger partial charge in [-0.25, -0.2) is 0 Å². The van der Waals surface area contributed by atoms with Gasteiger partial charge in [-0.15, -0.1) is 0 Å². The summed E-state index contributed by atoms with van der Waals surface area (Å²) < 4.78 is 0. The predicted octanol–water partition coefficient (Wildman–Crippen LogP) is 0.693. The third-order valence-electron chi connectivity index (χ3n) is 1.85. The summed E-state index contributed by atoms with van der Waals surface area (Å²) >= 11 is 0. The van der Waals surface area contributed by atoms with Crippen LogP contribution in [0.5, 0.6) is 5.75 Å². The Bertz CT molecular complexity index is 273. The Kier molecular flexibility index (Phi) is 2.68. The van der Waals surface area contributed by atoms with Crippen LogP contribution < -0.4 is 5.73 Å². The van der Waals surface area contributed by atoms with Crippen LogP contribution in [-0.4, -0.2) is 16.8 Å². The number of hydrogen-bond donors (Lipinski definition) is 3. The maximum atomic E-state index is 9.09. The summed E-state index contributed by atoms with van der Waals surface area (Å²) in [6, 6.07) is 4.57. The normalized spacial score (nSPS) is 12.9. The molecule has 0 fully saturated rings. The third-order valence-corrected chi connectivity index (χ3v) is 1.85. The number of aliphatic hydroxyl groups is 1. The summed E-state index contributed by atoms with van der Waals surface area (Å²) in [7, 11) is 0. The quantitative estimate of drug-likeness (QED) is 0.607. The molecule has 0 aliphatic rings. The molecule has 0 saturated carbocycles. The van der Waals surface area contributed by atoms with Crippen LogP contribution in [0.1, 0.15) is 17.2 Å². The Morgan fingerprint density at radius 1 is 1.50 bits per heavy atom. The van der Waals surface area contributed by atoms with E-state index in [0.717, 1.165) is 11.1 Å². The van der Waals surface area contributed by atoms with Crippen LogP contribution in [0, 0.1) is 6.92 Å². The highest BCUT2D eigenvalue weighted by atomic mass is 16.3. The van der Waals surface area contributed by atoms with E-state index < -0.39 is 0 Å². The van der Waals surface area contributed by atoms with Gasteiger partial charge in [-0.2, -0.15) is 0 Å². The lowest BCUT2D eigenvalue weighted by Crippen LogP contribution is -2.15. The Labute approximate surface area is 71.5 Å². The van der Waals surface area contributed by atoms with Gasteiger partial charge in [0.2, 0.25) is 0 Å². The van der Waals surface area contributed by atoms with E-state index in [1.54, 1.807) is 18.2 Å². The fraction of sp³-hybridized carbons (Fsp3) is 0.333. The second-order valence-corrected chi connectivity index (χ2v) is 2.83. The van der Waals surface area contributed by atoms with Crippen LogP contribution in [0.15, 0.2) is 18.2 Å². The standard InChI is InChI=1S/C9H13NO2/c1-6-4-7(12)2-3-8(6)9(10)5-11/h2-4,9,11-12H,5,10H2,1H3. The fourth-order valence-corrected chi connectivity index (χ4v) is 1.17. The molecule has 1 unspecified atom stereocenters. The zero-order valence-corrected chi connectivity index (χ0v) is 6.99. The van der Waals surface area contributed by atoms with E-state index in [2.05, 4.69) is 0 Å². The van der Waals surface area contributed by atoms with Gasteiger partial charge in [0, 0.05) is 0 Å². The van der Waals surface area contributed by atoms with Gasteiger partial charge in [-0.1, -0.05) is 6.07 Å². The van der Waals surface area contributed by atoms with E-state index >= 15 is 0 Å². The van der Waals surface area contributed by atoms with Crippen molar-refractivity contribution in [2.75, 3.05) is 6.61 Å². The summed E-state index contributed by atoms with van der Waals surface area (Å²) in [5, 5.41) is 17.9. The van der Waals surface area contributed by atoms with E-state index in [-0.39, 0.29) is 18.4 Å². The van der Waals surface area contributed by atoms with Crippen LogP contribution in [0.25, 0.3) is 0 Å². The van der Waals surface area contributed by atoms with E-state index in [9.17, 15) is 0 Å². The van der Waals surface area contributed by atoms with Crippen LogP contribution in [0.4, 0.5) is 0 Å². The number of nitrogens with two attached hydrogens (primary N) is 1. The first kappa shape index (κ1) is 9.03. The number of phenolic OH excluding ortho intramolecular Hbond substituents is 1. The van der Waals surface area contributed by atoms with Crippen molar-refractivity contribution in [2.45, 2.75) is 13.0 Å². The molecule has 1 aromatic rings. The summed E-state index contributed by atoms with van der Waals surface area (Å²) in [6.07, 6.45) is 0. The van der Waals surface area contributed by atoms with Gasteiger partial charge < -0.3 is 15.9 Å². The molecule has 0 radical (unpaired) electrons. The minimum Gasteiger partial charge on any atom is -0.508 e. The highest BCUT2D eigenvalue weighted by Gasteiger charge is 2.07. The molecular formula is C9H13NO2. The first-order chi connectivity index (χ1) is 5.65. The Balaban J connectivity index is 3.01. The second kappa shape index (κ2) is 3.56. The van der Waals surface area contributed by atoms with Crippen molar-refractivity contribution in [1.29, 1.82) is 0 Å². The Morgan fingerprint density at radius 2 is 2.17 bits per heavy atom. The van der Waals surface area contributed by atoms with Gasteiger partial charge in [-0.3, -0.25) is 0 Å². The molecule has 66 valence electrons. The largest absolute Gasteiger partial charge is 0.508 e. The lowest BCUT2D eigenvalue weighted by atomic mass is 10.0. The molecule has 0 heterocycles. The number of aromatic hydroxyl groups is 1. The van der Waals surface area contributed by atoms with Gasteiger partial charge >= 0.3 is 0 Å². The maximum Gasteiger partial charge on any atom is 0.115 e. The summed E-state index contributed by atoms with van der Waals surface area (Å²) in [6.45, 7) is 1.77. The number of rotatable bonds is 2. The van der Waals surface area contributed by atoms with E-state index in [1.807, 2.05) is 6.92 Å². The maximum absolute atomic E-state index is 9.09. The number of aliphatic hydroxyl groups excluding tert-OH is 1. The average Bonchev–Trinajstić information content (AvgIpc) is 2.03.